The maximum atomic E-state index is 11.7. The van der Waals surface area contributed by atoms with Gasteiger partial charge >= 0.3 is 5.97 Å². The van der Waals surface area contributed by atoms with E-state index in [0.717, 1.165) is 31.8 Å². The van der Waals surface area contributed by atoms with Crippen molar-refractivity contribution < 1.29 is 9.53 Å². The average molecular weight is 505 g/mol. The first kappa shape index (κ1) is 29.1. The minimum absolute atomic E-state index is 0.316. The van der Waals surface area contributed by atoms with E-state index in [-0.39, 0.29) is 5.97 Å². The Bertz CT molecular complexity index is 974. The first-order valence-electron chi connectivity index (χ1n) is 14.5. The molecule has 1 aliphatic rings. The van der Waals surface area contributed by atoms with Crippen LogP contribution in [0, 0.1) is 5.92 Å². The van der Waals surface area contributed by atoms with Crippen LogP contribution in [0.3, 0.4) is 0 Å². The lowest BCUT2D eigenvalue weighted by Crippen LogP contribution is -2.22. The van der Waals surface area contributed by atoms with Crippen LogP contribution in [0.15, 0.2) is 54.6 Å². The van der Waals surface area contributed by atoms with Crippen molar-refractivity contribution in [3.8, 4) is 11.1 Å². The lowest BCUT2D eigenvalue weighted by molar-refractivity contribution is -0.139. The van der Waals surface area contributed by atoms with E-state index in [4.69, 9.17) is 10.5 Å². The highest BCUT2D eigenvalue weighted by Gasteiger charge is 2.22. The molecule has 0 aliphatic heterocycles. The normalized spacial score (nSPS) is 17.5. The molecule has 0 saturated heterocycles. The van der Waals surface area contributed by atoms with Crippen LogP contribution in [-0.2, 0) is 22.5 Å². The van der Waals surface area contributed by atoms with Gasteiger partial charge in [0.15, 0.2) is 0 Å². The highest BCUT2D eigenvalue weighted by Crippen LogP contribution is 2.38. The fraction of sp³-hybridized carbons (Fsp3) is 0.545. The number of rotatable bonds is 15. The van der Waals surface area contributed by atoms with Crippen molar-refractivity contribution in [2.24, 2.45) is 11.7 Å². The summed E-state index contributed by atoms with van der Waals surface area (Å²) >= 11 is 0. The van der Waals surface area contributed by atoms with Crippen LogP contribution < -0.4 is 11.1 Å². The van der Waals surface area contributed by atoms with E-state index < -0.39 is 0 Å². The molecule has 0 aromatic heterocycles. The van der Waals surface area contributed by atoms with Gasteiger partial charge in [-0.15, -0.1) is 0 Å². The van der Waals surface area contributed by atoms with Crippen LogP contribution in [0.2, 0.25) is 0 Å². The largest absolute Gasteiger partial charge is 0.462 e. The highest BCUT2D eigenvalue weighted by molar-refractivity contribution is 5.86. The summed E-state index contributed by atoms with van der Waals surface area (Å²) in [4.78, 5) is 11.7. The van der Waals surface area contributed by atoms with Gasteiger partial charge in [-0.2, -0.15) is 0 Å². The number of aryl methyl sites for hydroxylation is 1. The average Bonchev–Trinajstić information content (AvgIpc) is 2.92. The molecule has 0 spiro atoms. The van der Waals surface area contributed by atoms with E-state index in [0.29, 0.717) is 24.6 Å². The molecular formula is C33H48N2O2. The number of hydrogen-bond acceptors (Lipinski definition) is 4. The number of esters is 1. The second-order valence-electron chi connectivity index (χ2n) is 10.8. The minimum atomic E-state index is -0.316. The Morgan fingerprint density at radius 2 is 1.73 bits per heavy atom. The van der Waals surface area contributed by atoms with Crippen LogP contribution in [0.1, 0.15) is 94.2 Å². The van der Waals surface area contributed by atoms with Crippen molar-refractivity contribution >= 4 is 5.97 Å². The van der Waals surface area contributed by atoms with Gasteiger partial charge in [-0.05, 0) is 85.1 Å². The predicted molar refractivity (Wildman–Crippen MR) is 156 cm³/mol. The molecule has 1 fully saturated rings. The first-order valence-corrected chi connectivity index (χ1v) is 14.5. The quantitative estimate of drug-likeness (QED) is 0.152. The van der Waals surface area contributed by atoms with E-state index in [1.54, 1.807) is 6.92 Å². The van der Waals surface area contributed by atoms with E-state index in [9.17, 15) is 4.79 Å². The van der Waals surface area contributed by atoms with Crippen molar-refractivity contribution in [2.45, 2.75) is 90.5 Å². The van der Waals surface area contributed by atoms with Gasteiger partial charge in [0.1, 0.15) is 0 Å². The Morgan fingerprint density at radius 1 is 1.00 bits per heavy atom. The smallest absolute Gasteiger partial charge is 0.333 e. The second-order valence-corrected chi connectivity index (χ2v) is 10.8. The molecule has 4 nitrogen and oxygen atoms in total. The molecule has 3 N–H and O–H groups in total. The minimum Gasteiger partial charge on any atom is -0.462 e. The number of nitrogens with one attached hydrogen (secondary N) is 1. The second kappa shape index (κ2) is 15.7. The molecule has 0 unspecified atom stereocenters. The molecule has 1 aliphatic carbocycles. The summed E-state index contributed by atoms with van der Waals surface area (Å²) in [5.74, 6) is 1.34. The monoisotopic (exact) mass is 504 g/mol. The Hall–Kier alpha value is -2.43. The van der Waals surface area contributed by atoms with Crippen LogP contribution in [-0.4, -0.2) is 25.7 Å². The Balaban J connectivity index is 1.62. The topological polar surface area (TPSA) is 64.3 Å². The van der Waals surface area contributed by atoms with Gasteiger partial charge in [0.2, 0.25) is 0 Å². The SMILES string of the molecule is C=C(C)C(=O)OCCCc1cc(-c2ccc(C3CCC(CCCCC)CC3)cc2)ccc1CNCCN. The summed E-state index contributed by atoms with van der Waals surface area (Å²) in [5.41, 5.74) is 12.7. The number of ether oxygens (including phenoxy) is 1. The standard InChI is InChI=1S/C33H48N2O2/c1-4-5-6-8-26-10-12-27(13-11-26)28-14-16-29(17-15-28)31-18-19-32(24-35-21-20-34)30(23-31)9-7-22-37-33(36)25(2)3/h14-19,23,26-27,35H,2,4-13,20-22,24,34H2,1,3H3. The van der Waals surface area contributed by atoms with Gasteiger partial charge in [0.05, 0.1) is 6.61 Å². The van der Waals surface area contributed by atoms with Gasteiger partial charge in [0.25, 0.3) is 0 Å². The maximum absolute atomic E-state index is 11.7. The molecule has 3 rings (SSSR count). The molecule has 202 valence electrons. The van der Waals surface area contributed by atoms with Gasteiger partial charge < -0.3 is 15.8 Å². The summed E-state index contributed by atoms with van der Waals surface area (Å²) in [6.45, 7) is 10.2. The molecule has 1 saturated carbocycles. The summed E-state index contributed by atoms with van der Waals surface area (Å²) in [6.07, 6.45) is 12.6. The van der Waals surface area contributed by atoms with Crippen LogP contribution in [0.5, 0.6) is 0 Å². The fourth-order valence-corrected chi connectivity index (χ4v) is 5.50. The van der Waals surface area contributed by atoms with Gasteiger partial charge in [-0.25, -0.2) is 4.79 Å². The lowest BCUT2D eigenvalue weighted by Gasteiger charge is -2.29. The zero-order valence-corrected chi connectivity index (χ0v) is 23.2. The van der Waals surface area contributed by atoms with Crippen molar-refractivity contribution in [1.82, 2.24) is 5.32 Å². The predicted octanol–water partition coefficient (Wildman–Crippen LogP) is 7.31. The van der Waals surface area contributed by atoms with E-state index >= 15 is 0 Å². The third kappa shape index (κ3) is 9.43. The summed E-state index contributed by atoms with van der Waals surface area (Å²) in [5, 5.41) is 3.41. The van der Waals surface area contributed by atoms with Gasteiger partial charge in [0, 0.05) is 25.2 Å². The fourth-order valence-electron chi connectivity index (χ4n) is 5.50. The Kier molecular flexibility index (Phi) is 12.4. The van der Waals surface area contributed by atoms with Crippen molar-refractivity contribution in [3.05, 3.63) is 71.3 Å². The first-order chi connectivity index (χ1) is 18.0. The summed E-state index contributed by atoms with van der Waals surface area (Å²) < 4.78 is 5.31. The molecule has 37 heavy (non-hydrogen) atoms. The van der Waals surface area contributed by atoms with Crippen molar-refractivity contribution in [2.75, 3.05) is 19.7 Å². The van der Waals surface area contributed by atoms with Crippen LogP contribution >= 0.6 is 0 Å². The van der Waals surface area contributed by atoms with Crippen molar-refractivity contribution in [1.29, 1.82) is 0 Å². The van der Waals surface area contributed by atoms with Gasteiger partial charge in [-0.1, -0.05) is 81.7 Å². The molecule has 2 aromatic carbocycles. The molecule has 0 amide bonds. The molecule has 4 heteroatoms. The molecule has 0 heterocycles. The van der Waals surface area contributed by atoms with Gasteiger partial charge in [-0.3, -0.25) is 0 Å². The van der Waals surface area contributed by atoms with E-state index in [1.807, 2.05) is 0 Å². The molecule has 0 radical (unpaired) electrons. The number of nitrogens with two attached hydrogens (primary N) is 1. The summed E-state index contributed by atoms with van der Waals surface area (Å²) in [6, 6.07) is 16.0. The highest BCUT2D eigenvalue weighted by atomic mass is 16.5. The van der Waals surface area contributed by atoms with Crippen molar-refractivity contribution in [3.63, 3.8) is 0 Å². The zero-order valence-electron chi connectivity index (χ0n) is 23.2. The molecular weight excluding hydrogens is 456 g/mol. The third-order valence-electron chi connectivity index (χ3n) is 7.79. The Labute approximate surface area is 225 Å². The Morgan fingerprint density at radius 3 is 2.41 bits per heavy atom. The van der Waals surface area contributed by atoms with E-state index in [2.05, 4.69) is 61.3 Å². The molecule has 0 bridgehead atoms. The maximum Gasteiger partial charge on any atom is 0.333 e. The number of carbonyl (C=O) groups excluding carboxylic acids is 1. The number of benzene rings is 2. The zero-order chi connectivity index (χ0) is 26.5. The van der Waals surface area contributed by atoms with Crippen LogP contribution in [0.25, 0.3) is 11.1 Å². The van der Waals surface area contributed by atoms with Crippen LogP contribution in [0.4, 0.5) is 0 Å². The van der Waals surface area contributed by atoms with E-state index in [1.165, 1.54) is 79.2 Å². The number of unbranched alkanes of at least 4 members (excludes halogenated alkanes) is 2. The lowest BCUT2D eigenvalue weighted by atomic mass is 9.77. The summed E-state index contributed by atoms with van der Waals surface area (Å²) in [7, 11) is 0. The number of hydrogen-bond donors (Lipinski definition) is 2. The third-order valence-corrected chi connectivity index (χ3v) is 7.79. The molecule has 2 aromatic rings. The molecule has 0 atom stereocenters. The number of carbonyl (C=O) groups is 1.